The van der Waals surface area contributed by atoms with Crippen LogP contribution >= 0.6 is 0 Å². The maximum atomic E-state index is 5.58. The number of rotatable bonds is 7. The highest BCUT2D eigenvalue weighted by Gasteiger charge is 2.25. The fourth-order valence-electron chi connectivity index (χ4n) is 1.78. The van der Waals surface area contributed by atoms with Crippen molar-refractivity contribution in [1.29, 1.82) is 0 Å². The standard InChI is InChI=1S/C11H23NO/c1-3-5-7-13-10-11-8-12(9-11)6-4-2/h11H,3-10H2,1-2H3. The Bertz CT molecular complexity index is 121. The van der Waals surface area contributed by atoms with Crippen molar-refractivity contribution in [2.45, 2.75) is 33.1 Å². The van der Waals surface area contributed by atoms with E-state index in [4.69, 9.17) is 4.74 Å². The van der Waals surface area contributed by atoms with Crippen LogP contribution in [0.4, 0.5) is 0 Å². The molecule has 0 unspecified atom stereocenters. The van der Waals surface area contributed by atoms with Gasteiger partial charge in [-0.1, -0.05) is 20.3 Å². The van der Waals surface area contributed by atoms with E-state index in [9.17, 15) is 0 Å². The molecule has 2 nitrogen and oxygen atoms in total. The van der Waals surface area contributed by atoms with E-state index in [2.05, 4.69) is 18.7 Å². The van der Waals surface area contributed by atoms with Crippen LogP contribution in [0.2, 0.25) is 0 Å². The Hall–Kier alpha value is -0.0800. The van der Waals surface area contributed by atoms with Gasteiger partial charge in [-0.25, -0.2) is 0 Å². The summed E-state index contributed by atoms with van der Waals surface area (Å²) in [6.45, 7) is 10.2. The summed E-state index contributed by atoms with van der Waals surface area (Å²) in [6.07, 6.45) is 3.74. The highest BCUT2D eigenvalue weighted by atomic mass is 16.5. The molecule has 0 radical (unpaired) electrons. The third kappa shape index (κ3) is 4.10. The van der Waals surface area contributed by atoms with Crippen LogP contribution in [0.3, 0.4) is 0 Å². The first-order chi connectivity index (χ1) is 6.36. The van der Waals surface area contributed by atoms with Crippen molar-refractivity contribution in [3.63, 3.8) is 0 Å². The molecule has 13 heavy (non-hydrogen) atoms. The number of ether oxygens (including phenoxy) is 1. The van der Waals surface area contributed by atoms with Crippen LogP contribution in [0.1, 0.15) is 33.1 Å². The molecule has 0 saturated carbocycles. The number of hydrogen-bond acceptors (Lipinski definition) is 2. The van der Waals surface area contributed by atoms with Gasteiger partial charge in [0.25, 0.3) is 0 Å². The molecule has 0 spiro atoms. The molecule has 0 aromatic rings. The Labute approximate surface area is 82.3 Å². The summed E-state index contributed by atoms with van der Waals surface area (Å²) in [5.41, 5.74) is 0. The van der Waals surface area contributed by atoms with Gasteiger partial charge >= 0.3 is 0 Å². The zero-order valence-electron chi connectivity index (χ0n) is 9.09. The van der Waals surface area contributed by atoms with Crippen LogP contribution in [0.25, 0.3) is 0 Å². The second-order valence-corrected chi connectivity index (χ2v) is 4.05. The van der Waals surface area contributed by atoms with Crippen LogP contribution in [-0.2, 0) is 4.74 Å². The van der Waals surface area contributed by atoms with Crippen molar-refractivity contribution in [2.75, 3.05) is 32.8 Å². The molecule has 78 valence electrons. The summed E-state index contributed by atoms with van der Waals surface area (Å²) < 4.78 is 5.58. The van der Waals surface area contributed by atoms with Crippen molar-refractivity contribution in [3.8, 4) is 0 Å². The van der Waals surface area contributed by atoms with Crippen LogP contribution in [0.5, 0.6) is 0 Å². The highest BCUT2D eigenvalue weighted by Crippen LogP contribution is 2.15. The molecule has 1 rings (SSSR count). The zero-order chi connectivity index (χ0) is 9.52. The summed E-state index contributed by atoms with van der Waals surface area (Å²) in [7, 11) is 0. The zero-order valence-corrected chi connectivity index (χ0v) is 9.09. The fourth-order valence-corrected chi connectivity index (χ4v) is 1.78. The molecule has 1 heterocycles. The van der Waals surface area contributed by atoms with E-state index in [1.165, 1.54) is 38.9 Å². The molecule has 0 aliphatic carbocycles. The van der Waals surface area contributed by atoms with E-state index in [0.717, 1.165) is 19.1 Å². The van der Waals surface area contributed by atoms with Crippen molar-refractivity contribution < 1.29 is 4.74 Å². The molecule has 0 bridgehead atoms. The van der Waals surface area contributed by atoms with E-state index in [1.807, 2.05) is 0 Å². The van der Waals surface area contributed by atoms with Gasteiger partial charge in [0.1, 0.15) is 0 Å². The second kappa shape index (κ2) is 6.39. The average molecular weight is 185 g/mol. The molecule has 1 aliphatic heterocycles. The molecule has 0 aromatic carbocycles. The van der Waals surface area contributed by atoms with Crippen molar-refractivity contribution in [2.24, 2.45) is 5.92 Å². The maximum Gasteiger partial charge on any atom is 0.0518 e. The molecule has 0 aromatic heterocycles. The summed E-state index contributed by atoms with van der Waals surface area (Å²) in [6, 6.07) is 0. The number of nitrogens with zero attached hydrogens (tertiary/aromatic N) is 1. The quantitative estimate of drug-likeness (QED) is 0.563. The molecule has 2 heteroatoms. The van der Waals surface area contributed by atoms with Crippen LogP contribution < -0.4 is 0 Å². The minimum Gasteiger partial charge on any atom is -0.381 e. The smallest absolute Gasteiger partial charge is 0.0518 e. The van der Waals surface area contributed by atoms with Gasteiger partial charge in [0, 0.05) is 25.6 Å². The first-order valence-corrected chi connectivity index (χ1v) is 5.66. The topological polar surface area (TPSA) is 12.5 Å². The van der Waals surface area contributed by atoms with Gasteiger partial charge < -0.3 is 9.64 Å². The van der Waals surface area contributed by atoms with Crippen molar-refractivity contribution in [3.05, 3.63) is 0 Å². The average Bonchev–Trinajstić information content (AvgIpc) is 2.07. The Morgan fingerprint density at radius 2 is 2.00 bits per heavy atom. The van der Waals surface area contributed by atoms with E-state index < -0.39 is 0 Å². The minimum atomic E-state index is 0.823. The van der Waals surface area contributed by atoms with E-state index >= 15 is 0 Å². The minimum absolute atomic E-state index is 0.823. The molecule has 0 N–H and O–H groups in total. The number of unbranched alkanes of at least 4 members (excludes halogenated alkanes) is 1. The van der Waals surface area contributed by atoms with Gasteiger partial charge in [-0.3, -0.25) is 0 Å². The van der Waals surface area contributed by atoms with Gasteiger partial charge in [0.15, 0.2) is 0 Å². The van der Waals surface area contributed by atoms with Gasteiger partial charge in [-0.2, -0.15) is 0 Å². The summed E-state index contributed by atoms with van der Waals surface area (Å²) in [5.74, 6) is 0.823. The third-order valence-corrected chi connectivity index (χ3v) is 2.57. The van der Waals surface area contributed by atoms with Crippen LogP contribution in [-0.4, -0.2) is 37.7 Å². The second-order valence-electron chi connectivity index (χ2n) is 4.05. The predicted octanol–water partition coefficient (Wildman–Crippen LogP) is 2.14. The van der Waals surface area contributed by atoms with Gasteiger partial charge in [-0.15, -0.1) is 0 Å². The van der Waals surface area contributed by atoms with Crippen LogP contribution in [0.15, 0.2) is 0 Å². The fraction of sp³-hybridized carbons (Fsp3) is 1.00. The molecule has 0 atom stereocenters. The lowest BCUT2D eigenvalue weighted by molar-refractivity contribution is 0.0141. The van der Waals surface area contributed by atoms with Crippen LogP contribution in [0, 0.1) is 5.92 Å². The summed E-state index contributed by atoms with van der Waals surface area (Å²) >= 11 is 0. The lowest BCUT2D eigenvalue weighted by Crippen LogP contribution is -2.48. The first kappa shape index (κ1) is 11.0. The first-order valence-electron chi connectivity index (χ1n) is 5.66. The third-order valence-electron chi connectivity index (χ3n) is 2.57. The molecule has 1 aliphatic rings. The Morgan fingerprint density at radius 1 is 1.23 bits per heavy atom. The van der Waals surface area contributed by atoms with Gasteiger partial charge in [-0.05, 0) is 19.4 Å². The lowest BCUT2D eigenvalue weighted by Gasteiger charge is -2.38. The molecular formula is C11H23NO. The molecular weight excluding hydrogens is 162 g/mol. The predicted molar refractivity (Wildman–Crippen MR) is 55.9 cm³/mol. The normalized spacial score (nSPS) is 18.9. The Morgan fingerprint density at radius 3 is 2.62 bits per heavy atom. The molecule has 1 saturated heterocycles. The number of hydrogen-bond donors (Lipinski definition) is 0. The van der Waals surface area contributed by atoms with Gasteiger partial charge in [0.2, 0.25) is 0 Å². The monoisotopic (exact) mass is 185 g/mol. The van der Waals surface area contributed by atoms with Gasteiger partial charge in [0.05, 0.1) is 6.61 Å². The number of likely N-dealkylation sites (tertiary alicyclic amines) is 1. The van der Waals surface area contributed by atoms with Crippen molar-refractivity contribution >= 4 is 0 Å². The van der Waals surface area contributed by atoms with E-state index in [-0.39, 0.29) is 0 Å². The summed E-state index contributed by atoms with van der Waals surface area (Å²) in [5, 5.41) is 0. The SMILES string of the molecule is CCCCOCC1CN(CCC)C1. The Balaban J connectivity index is 1.84. The largest absolute Gasteiger partial charge is 0.381 e. The molecule has 1 fully saturated rings. The molecule has 0 amide bonds. The highest BCUT2D eigenvalue weighted by molar-refractivity contribution is 4.78. The maximum absolute atomic E-state index is 5.58. The Kier molecular flexibility index (Phi) is 5.40. The lowest BCUT2D eigenvalue weighted by atomic mass is 10.0. The van der Waals surface area contributed by atoms with Crippen molar-refractivity contribution in [1.82, 2.24) is 4.90 Å². The van der Waals surface area contributed by atoms with E-state index in [0.29, 0.717) is 0 Å². The summed E-state index contributed by atoms with van der Waals surface area (Å²) in [4.78, 5) is 2.51. The van der Waals surface area contributed by atoms with E-state index in [1.54, 1.807) is 0 Å².